The van der Waals surface area contributed by atoms with Crippen LogP contribution >= 0.6 is 12.4 Å². The van der Waals surface area contributed by atoms with E-state index in [2.05, 4.69) is 4.90 Å². The van der Waals surface area contributed by atoms with Crippen LogP contribution in [-0.4, -0.2) is 25.0 Å². The summed E-state index contributed by atoms with van der Waals surface area (Å²) in [7, 11) is 0. The summed E-state index contributed by atoms with van der Waals surface area (Å²) in [6.07, 6.45) is 2.05. The van der Waals surface area contributed by atoms with E-state index in [1.165, 1.54) is 0 Å². The molecule has 0 spiro atoms. The fourth-order valence-electron chi connectivity index (χ4n) is 1.99. The molecule has 94 valence electrons. The minimum atomic E-state index is -0.382. The average molecular weight is 256 g/mol. The Hall–Kier alpha value is -1.26. The van der Waals surface area contributed by atoms with Crippen LogP contribution in [0, 0.1) is 0 Å². The number of benzene rings is 1. The van der Waals surface area contributed by atoms with Crippen molar-refractivity contribution in [1.82, 2.24) is 0 Å². The molecule has 1 fully saturated rings. The minimum absolute atomic E-state index is 0. The first-order chi connectivity index (χ1) is 7.66. The van der Waals surface area contributed by atoms with E-state index in [9.17, 15) is 4.79 Å². The summed E-state index contributed by atoms with van der Waals surface area (Å²) in [6.45, 7) is 1.97. The number of amides is 1. The van der Waals surface area contributed by atoms with Crippen LogP contribution in [0.15, 0.2) is 24.3 Å². The molecule has 1 aromatic rings. The van der Waals surface area contributed by atoms with Gasteiger partial charge in [-0.05, 0) is 37.1 Å². The molecule has 0 unspecified atom stereocenters. The van der Waals surface area contributed by atoms with Gasteiger partial charge in [0, 0.05) is 30.4 Å². The summed E-state index contributed by atoms with van der Waals surface area (Å²) >= 11 is 0. The summed E-state index contributed by atoms with van der Waals surface area (Å²) in [5, 5.41) is 0. The normalized spacial score (nSPS) is 16.4. The molecule has 4 N–H and O–H groups in total. The van der Waals surface area contributed by atoms with Crippen molar-refractivity contribution in [2.24, 2.45) is 11.5 Å². The molecule has 1 saturated heterocycles. The highest BCUT2D eigenvalue weighted by Crippen LogP contribution is 2.19. The fourth-order valence-corrected chi connectivity index (χ4v) is 1.99. The smallest absolute Gasteiger partial charge is 0.248 e. The van der Waals surface area contributed by atoms with Crippen LogP contribution < -0.4 is 16.4 Å². The lowest BCUT2D eigenvalue weighted by Gasteiger charge is -2.32. The van der Waals surface area contributed by atoms with E-state index < -0.39 is 0 Å². The van der Waals surface area contributed by atoms with Crippen molar-refractivity contribution in [3.05, 3.63) is 29.8 Å². The Labute approximate surface area is 107 Å². The molecule has 17 heavy (non-hydrogen) atoms. The predicted octanol–water partition coefficient (Wildman–Crippen LogP) is 1.13. The zero-order valence-electron chi connectivity index (χ0n) is 9.63. The number of rotatable bonds is 2. The summed E-state index contributed by atoms with van der Waals surface area (Å²) in [6, 6.07) is 7.76. The molecule has 1 aliphatic heterocycles. The number of primary amides is 1. The third kappa shape index (κ3) is 3.35. The summed E-state index contributed by atoms with van der Waals surface area (Å²) in [5.41, 5.74) is 12.7. The lowest BCUT2D eigenvalue weighted by Crippen LogP contribution is -2.39. The van der Waals surface area contributed by atoms with E-state index in [0.29, 0.717) is 11.6 Å². The van der Waals surface area contributed by atoms with Gasteiger partial charge in [-0.2, -0.15) is 0 Å². The number of nitrogens with two attached hydrogens (primary N) is 2. The number of halogens is 1. The highest BCUT2D eigenvalue weighted by Gasteiger charge is 2.16. The molecule has 4 nitrogen and oxygen atoms in total. The number of carbonyl (C=O) groups is 1. The molecule has 2 rings (SSSR count). The molecule has 0 aromatic heterocycles. The van der Waals surface area contributed by atoms with Gasteiger partial charge in [0.25, 0.3) is 0 Å². The second-order valence-corrected chi connectivity index (χ2v) is 4.24. The number of carbonyl (C=O) groups excluding carboxylic acids is 1. The van der Waals surface area contributed by atoms with Crippen molar-refractivity contribution in [1.29, 1.82) is 0 Å². The summed E-state index contributed by atoms with van der Waals surface area (Å²) in [4.78, 5) is 13.2. The molecular weight excluding hydrogens is 238 g/mol. The van der Waals surface area contributed by atoms with Gasteiger partial charge >= 0.3 is 0 Å². The van der Waals surface area contributed by atoms with Crippen molar-refractivity contribution in [2.75, 3.05) is 18.0 Å². The van der Waals surface area contributed by atoms with E-state index in [1.807, 2.05) is 12.1 Å². The Balaban J connectivity index is 0.00000144. The van der Waals surface area contributed by atoms with Gasteiger partial charge in [-0.25, -0.2) is 0 Å². The van der Waals surface area contributed by atoms with Crippen LogP contribution in [0.4, 0.5) is 5.69 Å². The average Bonchev–Trinajstić information content (AvgIpc) is 2.30. The van der Waals surface area contributed by atoms with Crippen LogP contribution in [-0.2, 0) is 0 Å². The zero-order valence-corrected chi connectivity index (χ0v) is 10.5. The van der Waals surface area contributed by atoms with E-state index in [1.54, 1.807) is 12.1 Å². The maximum absolute atomic E-state index is 10.9. The van der Waals surface area contributed by atoms with E-state index in [0.717, 1.165) is 31.6 Å². The van der Waals surface area contributed by atoms with E-state index in [4.69, 9.17) is 11.5 Å². The monoisotopic (exact) mass is 255 g/mol. The highest BCUT2D eigenvalue weighted by molar-refractivity contribution is 5.93. The summed E-state index contributed by atoms with van der Waals surface area (Å²) < 4.78 is 0. The molecule has 1 aliphatic rings. The topological polar surface area (TPSA) is 72.4 Å². The van der Waals surface area contributed by atoms with Crippen LogP contribution in [0.2, 0.25) is 0 Å². The second kappa shape index (κ2) is 5.89. The van der Waals surface area contributed by atoms with Crippen LogP contribution in [0.25, 0.3) is 0 Å². The van der Waals surface area contributed by atoms with Crippen molar-refractivity contribution < 1.29 is 4.79 Å². The molecule has 0 bridgehead atoms. The second-order valence-electron chi connectivity index (χ2n) is 4.24. The number of piperidine rings is 1. The number of anilines is 1. The van der Waals surface area contributed by atoms with Gasteiger partial charge < -0.3 is 16.4 Å². The first kappa shape index (κ1) is 13.8. The third-order valence-electron chi connectivity index (χ3n) is 3.06. The molecule has 0 aliphatic carbocycles. The predicted molar refractivity (Wildman–Crippen MR) is 71.6 cm³/mol. The van der Waals surface area contributed by atoms with Crippen molar-refractivity contribution >= 4 is 24.0 Å². The molecule has 0 atom stereocenters. The molecule has 0 radical (unpaired) electrons. The van der Waals surface area contributed by atoms with Gasteiger partial charge in [-0.15, -0.1) is 12.4 Å². The van der Waals surface area contributed by atoms with Crippen LogP contribution in [0.3, 0.4) is 0 Å². The Morgan fingerprint density at radius 1 is 1.18 bits per heavy atom. The quantitative estimate of drug-likeness (QED) is 0.832. The SMILES string of the molecule is Cl.NC(=O)c1ccc(N2CCC(N)CC2)cc1. The number of nitrogens with zero attached hydrogens (tertiary/aromatic N) is 1. The van der Waals surface area contributed by atoms with Gasteiger partial charge in [0.1, 0.15) is 0 Å². The molecule has 1 aromatic carbocycles. The van der Waals surface area contributed by atoms with Gasteiger partial charge in [0.2, 0.25) is 5.91 Å². The number of hydrogen-bond acceptors (Lipinski definition) is 3. The molecule has 1 amide bonds. The first-order valence-electron chi connectivity index (χ1n) is 5.57. The highest BCUT2D eigenvalue weighted by atomic mass is 35.5. The lowest BCUT2D eigenvalue weighted by molar-refractivity contribution is 0.100. The standard InChI is InChI=1S/C12H17N3O.ClH/c13-10-5-7-15(8-6-10)11-3-1-9(2-4-11)12(14)16;/h1-4,10H,5-8,13H2,(H2,14,16);1H. The minimum Gasteiger partial charge on any atom is -0.371 e. The zero-order chi connectivity index (χ0) is 11.5. The first-order valence-corrected chi connectivity index (χ1v) is 5.57. The van der Waals surface area contributed by atoms with Gasteiger partial charge in [-0.1, -0.05) is 0 Å². The van der Waals surface area contributed by atoms with Gasteiger partial charge in [0.05, 0.1) is 0 Å². The molecule has 5 heteroatoms. The van der Waals surface area contributed by atoms with Gasteiger partial charge in [-0.3, -0.25) is 4.79 Å². The largest absolute Gasteiger partial charge is 0.371 e. The van der Waals surface area contributed by atoms with Crippen molar-refractivity contribution in [3.63, 3.8) is 0 Å². The molecule has 0 saturated carbocycles. The maximum Gasteiger partial charge on any atom is 0.248 e. The van der Waals surface area contributed by atoms with Crippen molar-refractivity contribution in [2.45, 2.75) is 18.9 Å². The Morgan fingerprint density at radius 2 is 1.71 bits per heavy atom. The fraction of sp³-hybridized carbons (Fsp3) is 0.417. The van der Waals surface area contributed by atoms with Crippen LogP contribution in [0.5, 0.6) is 0 Å². The molecule has 1 heterocycles. The molecular formula is C12H18ClN3O. The van der Waals surface area contributed by atoms with Crippen molar-refractivity contribution in [3.8, 4) is 0 Å². The maximum atomic E-state index is 10.9. The number of hydrogen-bond donors (Lipinski definition) is 2. The van der Waals surface area contributed by atoms with E-state index >= 15 is 0 Å². The van der Waals surface area contributed by atoms with Gasteiger partial charge in [0.15, 0.2) is 0 Å². The Bertz CT molecular complexity index is 372. The van der Waals surface area contributed by atoms with E-state index in [-0.39, 0.29) is 18.3 Å². The Morgan fingerprint density at radius 3 is 2.18 bits per heavy atom. The third-order valence-corrected chi connectivity index (χ3v) is 3.06. The lowest BCUT2D eigenvalue weighted by atomic mass is 10.1. The summed E-state index contributed by atoms with van der Waals surface area (Å²) in [5.74, 6) is -0.382. The Kier molecular flexibility index (Phi) is 4.78. The van der Waals surface area contributed by atoms with Crippen LogP contribution in [0.1, 0.15) is 23.2 Å².